The maximum Gasteiger partial charge on any atom is 0.251 e. The van der Waals surface area contributed by atoms with Gasteiger partial charge in [0.1, 0.15) is 12.4 Å². The summed E-state index contributed by atoms with van der Waals surface area (Å²) in [5.41, 5.74) is 1.69. The molecule has 0 unspecified atom stereocenters. The fourth-order valence-corrected chi connectivity index (χ4v) is 3.77. The topological polar surface area (TPSA) is 84.5 Å². The highest BCUT2D eigenvalue weighted by Crippen LogP contribution is 2.22. The molecule has 7 heteroatoms. The molecule has 3 rings (SSSR count). The van der Waals surface area contributed by atoms with Gasteiger partial charge in [0.15, 0.2) is 0 Å². The predicted molar refractivity (Wildman–Crippen MR) is 124 cm³/mol. The van der Waals surface area contributed by atoms with Crippen LogP contribution in [-0.2, 0) is 16.4 Å². The molecule has 3 aromatic carbocycles. The second kappa shape index (κ2) is 10.4. The molecule has 0 radical (unpaired) electrons. The fourth-order valence-electron chi connectivity index (χ4n) is 3.05. The van der Waals surface area contributed by atoms with Crippen LogP contribution in [0.2, 0.25) is 0 Å². The molecule has 0 saturated carbocycles. The van der Waals surface area contributed by atoms with E-state index in [1.807, 2.05) is 48.5 Å². The minimum absolute atomic E-state index is 0.120. The maximum atomic E-state index is 12.0. The number of rotatable bonds is 10. The molecule has 31 heavy (non-hydrogen) atoms. The summed E-state index contributed by atoms with van der Waals surface area (Å²) in [6.07, 6.45) is 0.626. The van der Waals surface area contributed by atoms with Crippen molar-refractivity contribution in [3.63, 3.8) is 0 Å². The number of amides is 1. The number of fused-ring (bicyclic) bond motifs is 1. The molecule has 0 aliphatic carbocycles. The number of sulfonamides is 1. The fraction of sp³-hybridized carbons (Fsp3) is 0.292. The van der Waals surface area contributed by atoms with Gasteiger partial charge in [-0.05, 0) is 60.9 Å². The molecule has 2 N–H and O–H groups in total. The number of carbonyl (C=O) groups is 1. The summed E-state index contributed by atoms with van der Waals surface area (Å²) >= 11 is 0. The number of benzene rings is 3. The molecule has 6 nitrogen and oxygen atoms in total. The Morgan fingerprint density at radius 3 is 2.39 bits per heavy atom. The van der Waals surface area contributed by atoms with E-state index in [1.165, 1.54) is 0 Å². The van der Waals surface area contributed by atoms with Crippen LogP contribution in [0.15, 0.2) is 66.7 Å². The average Bonchev–Trinajstić information content (AvgIpc) is 2.77. The van der Waals surface area contributed by atoms with Crippen LogP contribution in [0.4, 0.5) is 0 Å². The van der Waals surface area contributed by atoms with E-state index in [0.29, 0.717) is 31.7 Å². The monoisotopic (exact) mass is 440 g/mol. The van der Waals surface area contributed by atoms with Crippen molar-refractivity contribution < 1.29 is 17.9 Å². The lowest BCUT2D eigenvalue weighted by Gasteiger charge is -2.11. The van der Waals surface area contributed by atoms with Gasteiger partial charge >= 0.3 is 0 Å². The smallest absolute Gasteiger partial charge is 0.251 e. The van der Waals surface area contributed by atoms with E-state index < -0.39 is 15.3 Å². The van der Waals surface area contributed by atoms with Crippen LogP contribution >= 0.6 is 0 Å². The quantitative estimate of drug-likeness (QED) is 0.473. The Labute approximate surface area is 183 Å². The molecular weight excluding hydrogens is 412 g/mol. The van der Waals surface area contributed by atoms with E-state index in [4.69, 9.17) is 4.74 Å². The Hall–Kier alpha value is -2.90. The van der Waals surface area contributed by atoms with Crippen molar-refractivity contribution in [2.45, 2.75) is 25.5 Å². The molecule has 0 aliphatic rings. The van der Waals surface area contributed by atoms with Crippen molar-refractivity contribution in [1.29, 1.82) is 0 Å². The van der Waals surface area contributed by atoms with Gasteiger partial charge in [-0.25, -0.2) is 13.1 Å². The van der Waals surface area contributed by atoms with Gasteiger partial charge in [-0.1, -0.05) is 42.5 Å². The summed E-state index contributed by atoms with van der Waals surface area (Å²) in [7, 11) is -3.24. The van der Waals surface area contributed by atoms with Crippen molar-refractivity contribution in [2.24, 2.45) is 0 Å². The lowest BCUT2D eigenvalue weighted by Crippen LogP contribution is -2.32. The first-order chi connectivity index (χ1) is 14.8. The van der Waals surface area contributed by atoms with Gasteiger partial charge in [-0.3, -0.25) is 4.79 Å². The molecule has 1 amide bonds. The first-order valence-electron chi connectivity index (χ1n) is 10.3. The number of hydrogen-bond acceptors (Lipinski definition) is 4. The molecule has 0 bridgehead atoms. The summed E-state index contributed by atoms with van der Waals surface area (Å²) in [5.74, 6) is 0.616. The van der Waals surface area contributed by atoms with Gasteiger partial charge in [0.25, 0.3) is 5.91 Å². The molecule has 164 valence electrons. The van der Waals surface area contributed by atoms with Crippen molar-refractivity contribution >= 4 is 26.7 Å². The number of carbonyl (C=O) groups excluding carboxylic acids is 1. The van der Waals surface area contributed by atoms with Gasteiger partial charge in [-0.15, -0.1) is 0 Å². The zero-order chi connectivity index (χ0) is 22.3. The lowest BCUT2D eigenvalue weighted by atomic mass is 10.0. The summed E-state index contributed by atoms with van der Waals surface area (Å²) in [6, 6.07) is 21.0. The Kier molecular flexibility index (Phi) is 7.65. The van der Waals surface area contributed by atoms with Crippen LogP contribution in [0.1, 0.15) is 29.8 Å². The van der Waals surface area contributed by atoms with Gasteiger partial charge in [0, 0.05) is 12.1 Å². The van der Waals surface area contributed by atoms with Gasteiger partial charge in [-0.2, -0.15) is 0 Å². The van der Waals surface area contributed by atoms with Crippen LogP contribution in [0.3, 0.4) is 0 Å². The standard InChI is InChI=1S/C24H28N2O4S/c1-18(2)31(28,29)26-13-12-19-8-9-22-17-23(11-10-21(22)16-19)30-15-14-25-24(27)20-6-4-3-5-7-20/h3-11,16-18,26H,12-15H2,1-2H3,(H,25,27). The minimum atomic E-state index is -3.24. The first-order valence-corrected chi connectivity index (χ1v) is 11.9. The van der Waals surface area contributed by atoms with Crippen LogP contribution in [0.25, 0.3) is 10.8 Å². The van der Waals surface area contributed by atoms with Crippen molar-refractivity contribution in [3.05, 3.63) is 77.9 Å². The van der Waals surface area contributed by atoms with Gasteiger partial charge in [0.2, 0.25) is 10.0 Å². The predicted octanol–water partition coefficient (Wildman–Crippen LogP) is 3.52. The summed E-state index contributed by atoms with van der Waals surface area (Å²) in [5, 5.41) is 4.51. The second-order valence-electron chi connectivity index (χ2n) is 7.55. The molecule has 3 aromatic rings. The molecule has 0 heterocycles. The summed E-state index contributed by atoms with van der Waals surface area (Å²) in [6.45, 7) is 4.49. The Bertz CT molecular complexity index is 1130. The van der Waals surface area contributed by atoms with E-state index in [0.717, 1.165) is 22.1 Å². The number of ether oxygens (including phenoxy) is 1. The third-order valence-electron chi connectivity index (χ3n) is 4.91. The first kappa shape index (κ1) is 22.8. The van der Waals surface area contributed by atoms with Gasteiger partial charge < -0.3 is 10.1 Å². The Morgan fingerprint density at radius 1 is 0.935 bits per heavy atom. The van der Waals surface area contributed by atoms with E-state index in [-0.39, 0.29) is 5.91 Å². The Balaban J connectivity index is 1.50. The van der Waals surface area contributed by atoms with Crippen LogP contribution in [0.5, 0.6) is 5.75 Å². The third-order valence-corrected chi connectivity index (χ3v) is 6.75. The molecule has 0 aromatic heterocycles. The summed E-state index contributed by atoms with van der Waals surface area (Å²) in [4.78, 5) is 12.0. The maximum absolute atomic E-state index is 12.0. The van der Waals surface area contributed by atoms with E-state index in [1.54, 1.807) is 26.0 Å². The second-order valence-corrected chi connectivity index (χ2v) is 9.87. The lowest BCUT2D eigenvalue weighted by molar-refractivity contribution is 0.0947. The molecule has 0 saturated heterocycles. The largest absolute Gasteiger partial charge is 0.492 e. The minimum Gasteiger partial charge on any atom is -0.492 e. The zero-order valence-corrected chi connectivity index (χ0v) is 18.6. The Morgan fingerprint density at radius 2 is 1.65 bits per heavy atom. The third kappa shape index (κ3) is 6.54. The molecule has 0 spiro atoms. The molecule has 0 atom stereocenters. The van der Waals surface area contributed by atoms with Crippen molar-refractivity contribution in [2.75, 3.05) is 19.7 Å². The SMILES string of the molecule is CC(C)S(=O)(=O)NCCc1ccc2cc(OCCNC(=O)c3ccccc3)ccc2c1. The highest BCUT2D eigenvalue weighted by molar-refractivity contribution is 7.90. The average molecular weight is 441 g/mol. The number of nitrogens with one attached hydrogen (secondary N) is 2. The summed E-state index contributed by atoms with van der Waals surface area (Å²) < 4.78 is 32.1. The zero-order valence-electron chi connectivity index (χ0n) is 17.8. The molecule has 0 aliphatic heterocycles. The van der Waals surface area contributed by atoms with E-state index >= 15 is 0 Å². The number of hydrogen-bond donors (Lipinski definition) is 2. The molecular formula is C24H28N2O4S. The van der Waals surface area contributed by atoms with Crippen LogP contribution in [0, 0.1) is 0 Å². The van der Waals surface area contributed by atoms with E-state index in [9.17, 15) is 13.2 Å². The van der Waals surface area contributed by atoms with Gasteiger partial charge in [0.05, 0.1) is 11.8 Å². The van der Waals surface area contributed by atoms with Crippen molar-refractivity contribution in [1.82, 2.24) is 10.0 Å². The van der Waals surface area contributed by atoms with Crippen molar-refractivity contribution in [3.8, 4) is 5.75 Å². The highest BCUT2D eigenvalue weighted by atomic mass is 32.2. The normalized spacial score (nSPS) is 11.6. The van der Waals surface area contributed by atoms with E-state index in [2.05, 4.69) is 16.1 Å². The van der Waals surface area contributed by atoms with Crippen LogP contribution < -0.4 is 14.8 Å². The van der Waals surface area contributed by atoms with Crippen LogP contribution in [-0.4, -0.2) is 39.3 Å². The molecule has 0 fully saturated rings. The highest BCUT2D eigenvalue weighted by Gasteiger charge is 2.14.